The molecule has 0 fully saturated rings. The maximum Gasteiger partial charge on any atom is 0.296 e. The molecular formula is C13H15N3O3S. The molecule has 20 heavy (non-hydrogen) atoms. The van der Waals surface area contributed by atoms with E-state index in [4.69, 9.17) is 5.14 Å². The lowest BCUT2D eigenvalue weighted by atomic mass is 10.2. The Hall–Kier alpha value is -2.25. The molecule has 106 valence electrons. The van der Waals surface area contributed by atoms with Crippen molar-refractivity contribution in [3.8, 4) is 5.75 Å². The molecule has 0 radical (unpaired) electrons. The van der Waals surface area contributed by atoms with Gasteiger partial charge in [0, 0.05) is 12.2 Å². The van der Waals surface area contributed by atoms with Gasteiger partial charge in [0.05, 0.1) is 5.69 Å². The third-order valence-electron chi connectivity index (χ3n) is 2.56. The molecule has 2 rings (SSSR count). The summed E-state index contributed by atoms with van der Waals surface area (Å²) in [7, 11) is -3.77. The Labute approximate surface area is 117 Å². The summed E-state index contributed by atoms with van der Waals surface area (Å²) >= 11 is 0. The van der Waals surface area contributed by atoms with Crippen molar-refractivity contribution in [1.29, 1.82) is 0 Å². The van der Waals surface area contributed by atoms with Gasteiger partial charge in [-0.25, -0.2) is 5.14 Å². The van der Waals surface area contributed by atoms with Crippen LogP contribution < -0.4 is 15.2 Å². The fourth-order valence-corrected chi connectivity index (χ4v) is 2.13. The fourth-order valence-electron chi connectivity index (χ4n) is 1.67. The molecular weight excluding hydrogens is 278 g/mol. The molecule has 2 aromatic rings. The van der Waals surface area contributed by atoms with Gasteiger partial charge in [-0.15, -0.1) is 0 Å². The molecule has 7 heteroatoms. The quantitative estimate of drug-likeness (QED) is 0.672. The van der Waals surface area contributed by atoms with Crippen LogP contribution in [0.4, 0.5) is 11.4 Å². The molecule has 0 spiro atoms. The topological polar surface area (TPSA) is 104 Å². The summed E-state index contributed by atoms with van der Waals surface area (Å²) < 4.78 is 24.1. The van der Waals surface area contributed by atoms with Crippen molar-refractivity contribution in [2.45, 2.75) is 6.54 Å². The van der Waals surface area contributed by atoms with Gasteiger partial charge in [0.1, 0.15) is 5.75 Å². The van der Waals surface area contributed by atoms with Gasteiger partial charge in [-0.05, 0) is 35.9 Å². The van der Waals surface area contributed by atoms with E-state index < -0.39 is 10.2 Å². The van der Waals surface area contributed by atoms with E-state index in [9.17, 15) is 13.5 Å². The number of nitrogens with one attached hydrogen (secondary N) is 2. The SMILES string of the molecule is NS(=O)(=O)Nc1cccc(NCc2ccc(O)cc2)c1. The van der Waals surface area contributed by atoms with Crippen LogP contribution in [0.3, 0.4) is 0 Å². The van der Waals surface area contributed by atoms with E-state index >= 15 is 0 Å². The normalized spacial score (nSPS) is 11.1. The summed E-state index contributed by atoms with van der Waals surface area (Å²) in [6.45, 7) is 0.555. The molecule has 0 aliphatic rings. The second-order valence-electron chi connectivity index (χ2n) is 4.25. The predicted molar refractivity (Wildman–Crippen MR) is 78.6 cm³/mol. The van der Waals surface area contributed by atoms with Crippen LogP contribution in [-0.2, 0) is 16.8 Å². The molecule has 0 heterocycles. The van der Waals surface area contributed by atoms with E-state index in [1.165, 1.54) is 0 Å². The van der Waals surface area contributed by atoms with E-state index in [0.717, 1.165) is 11.3 Å². The number of aromatic hydroxyl groups is 1. The molecule has 2 aromatic carbocycles. The third-order valence-corrected chi connectivity index (χ3v) is 3.08. The molecule has 0 saturated heterocycles. The summed E-state index contributed by atoms with van der Waals surface area (Å²) in [5.74, 6) is 0.216. The minimum absolute atomic E-state index is 0.216. The lowest BCUT2D eigenvalue weighted by Crippen LogP contribution is -2.21. The Morgan fingerprint density at radius 3 is 2.35 bits per heavy atom. The highest BCUT2D eigenvalue weighted by atomic mass is 32.2. The molecule has 0 atom stereocenters. The molecule has 0 saturated carbocycles. The minimum Gasteiger partial charge on any atom is -0.508 e. The number of hydrogen-bond donors (Lipinski definition) is 4. The Morgan fingerprint density at radius 2 is 1.70 bits per heavy atom. The highest BCUT2D eigenvalue weighted by molar-refractivity contribution is 7.90. The lowest BCUT2D eigenvalue weighted by Gasteiger charge is -2.09. The predicted octanol–water partition coefficient (Wildman–Crippen LogP) is 1.62. The van der Waals surface area contributed by atoms with Gasteiger partial charge in [0.2, 0.25) is 0 Å². The third kappa shape index (κ3) is 4.45. The van der Waals surface area contributed by atoms with Crippen LogP contribution >= 0.6 is 0 Å². The first-order valence-corrected chi connectivity index (χ1v) is 7.39. The second kappa shape index (κ2) is 5.81. The van der Waals surface area contributed by atoms with E-state index in [2.05, 4.69) is 10.0 Å². The van der Waals surface area contributed by atoms with Gasteiger partial charge < -0.3 is 10.4 Å². The molecule has 0 aliphatic heterocycles. The zero-order chi connectivity index (χ0) is 14.6. The van der Waals surface area contributed by atoms with Gasteiger partial charge in [-0.2, -0.15) is 8.42 Å². The molecule has 0 aliphatic carbocycles. The van der Waals surface area contributed by atoms with Crippen molar-refractivity contribution in [2.24, 2.45) is 5.14 Å². The van der Waals surface area contributed by atoms with E-state index in [0.29, 0.717) is 12.2 Å². The molecule has 0 aromatic heterocycles. The van der Waals surface area contributed by atoms with E-state index in [-0.39, 0.29) is 5.75 Å². The maximum atomic E-state index is 10.9. The first-order chi connectivity index (χ1) is 9.42. The second-order valence-corrected chi connectivity index (χ2v) is 5.54. The summed E-state index contributed by atoms with van der Waals surface area (Å²) in [6, 6.07) is 13.6. The summed E-state index contributed by atoms with van der Waals surface area (Å²) in [4.78, 5) is 0. The first kappa shape index (κ1) is 14.2. The van der Waals surface area contributed by atoms with Crippen molar-refractivity contribution in [3.63, 3.8) is 0 Å². The van der Waals surface area contributed by atoms with Crippen molar-refractivity contribution < 1.29 is 13.5 Å². The van der Waals surface area contributed by atoms with Crippen molar-refractivity contribution in [1.82, 2.24) is 0 Å². The van der Waals surface area contributed by atoms with Crippen LogP contribution in [0.5, 0.6) is 5.75 Å². The smallest absolute Gasteiger partial charge is 0.296 e. The van der Waals surface area contributed by atoms with Gasteiger partial charge in [-0.1, -0.05) is 18.2 Å². The highest BCUT2D eigenvalue weighted by Crippen LogP contribution is 2.17. The Kier molecular flexibility index (Phi) is 4.11. The number of anilines is 2. The number of hydrogen-bond acceptors (Lipinski definition) is 4. The maximum absolute atomic E-state index is 10.9. The van der Waals surface area contributed by atoms with E-state index in [1.807, 2.05) is 6.07 Å². The number of benzene rings is 2. The minimum atomic E-state index is -3.77. The van der Waals surface area contributed by atoms with Crippen LogP contribution in [0.15, 0.2) is 48.5 Å². The number of rotatable bonds is 5. The highest BCUT2D eigenvalue weighted by Gasteiger charge is 2.02. The van der Waals surface area contributed by atoms with Gasteiger partial charge in [0.15, 0.2) is 0 Å². The van der Waals surface area contributed by atoms with Crippen LogP contribution in [0.1, 0.15) is 5.56 Å². The monoisotopic (exact) mass is 293 g/mol. The van der Waals surface area contributed by atoms with Gasteiger partial charge in [0.25, 0.3) is 10.2 Å². The van der Waals surface area contributed by atoms with Crippen LogP contribution in [0, 0.1) is 0 Å². The van der Waals surface area contributed by atoms with Crippen molar-refractivity contribution in [3.05, 3.63) is 54.1 Å². The Morgan fingerprint density at radius 1 is 1.05 bits per heavy atom. The molecule has 5 N–H and O–H groups in total. The van der Waals surface area contributed by atoms with Gasteiger partial charge >= 0.3 is 0 Å². The number of phenols is 1. The largest absolute Gasteiger partial charge is 0.508 e. The van der Waals surface area contributed by atoms with Crippen LogP contribution in [0.25, 0.3) is 0 Å². The Bertz CT molecular complexity index is 684. The standard InChI is InChI=1S/C13H15N3O3S/c14-20(18,19)16-12-3-1-2-11(8-12)15-9-10-4-6-13(17)7-5-10/h1-8,15-17H,9H2,(H2,14,18,19). The van der Waals surface area contributed by atoms with Crippen LogP contribution in [0.2, 0.25) is 0 Å². The van der Waals surface area contributed by atoms with Crippen molar-refractivity contribution >= 4 is 21.6 Å². The van der Waals surface area contributed by atoms with Gasteiger partial charge in [-0.3, -0.25) is 4.72 Å². The summed E-state index contributed by atoms with van der Waals surface area (Å²) in [6.07, 6.45) is 0. The molecule has 6 nitrogen and oxygen atoms in total. The van der Waals surface area contributed by atoms with E-state index in [1.54, 1.807) is 42.5 Å². The molecule has 0 bridgehead atoms. The average Bonchev–Trinajstić information content (AvgIpc) is 2.36. The summed E-state index contributed by atoms with van der Waals surface area (Å²) in [5.41, 5.74) is 2.14. The zero-order valence-corrected chi connectivity index (χ0v) is 11.4. The number of nitrogens with two attached hydrogens (primary N) is 1. The zero-order valence-electron chi connectivity index (χ0n) is 10.6. The Balaban J connectivity index is 2.03. The summed E-state index contributed by atoms with van der Waals surface area (Å²) in [5, 5.41) is 17.3. The number of phenolic OH excluding ortho intramolecular Hbond substituents is 1. The van der Waals surface area contributed by atoms with Crippen LogP contribution in [-0.4, -0.2) is 13.5 Å². The molecule has 0 amide bonds. The van der Waals surface area contributed by atoms with Crippen molar-refractivity contribution in [2.75, 3.05) is 10.0 Å². The lowest BCUT2D eigenvalue weighted by molar-refractivity contribution is 0.475. The first-order valence-electron chi connectivity index (χ1n) is 5.85. The average molecular weight is 293 g/mol. The fraction of sp³-hybridized carbons (Fsp3) is 0.0769. The molecule has 0 unspecified atom stereocenters.